The summed E-state index contributed by atoms with van der Waals surface area (Å²) >= 11 is 7.02. The van der Waals surface area contributed by atoms with Crippen molar-refractivity contribution < 1.29 is 9.53 Å². The van der Waals surface area contributed by atoms with Crippen molar-refractivity contribution in [1.82, 2.24) is 4.90 Å². The Morgan fingerprint density at radius 2 is 1.84 bits per heavy atom. The minimum Gasteiger partial charge on any atom is -0.497 e. The van der Waals surface area contributed by atoms with E-state index < -0.39 is 0 Å². The van der Waals surface area contributed by atoms with E-state index in [-0.39, 0.29) is 23.5 Å². The number of nitrogens with one attached hydrogen (secondary N) is 1. The van der Waals surface area contributed by atoms with Gasteiger partial charge in [-0.3, -0.25) is 4.79 Å². The van der Waals surface area contributed by atoms with E-state index in [2.05, 4.69) is 48.5 Å². The monoisotopic (exact) mass is 530 g/mol. The van der Waals surface area contributed by atoms with E-state index in [9.17, 15) is 4.79 Å². The maximum Gasteiger partial charge on any atom is 0.299 e. The van der Waals surface area contributed by atoms with E-state index in [1.54, 1.807) is 7.11 Å². The molecule has 0 unspecified atom stereocenters. The number of nitrogens with zero attached hydrogens (tertiary/aromatic N) is 1. The number of fused-ring (bicyclic) bond motifs is 1. The minimum atomic E-state index is -0.277. The fraction of sp³-hybridized carbons (Fsp3) is 0.545. The highest BCUT2D eigenvalue weighted by Gasteiger charge is 2.51. The van der Waals surface area contributed by atoms with Crippen LogP contribution in [-0.4, -0.2) is 29.5 Å². The Balaban J connectivity index is 1.36. The molecule has 0 radical (unpaired) electrons. The summed E-state index contributed by atoms with van der Waals surface area (Å²) in [6.07, 6.45) is 17.6. The molecule has 2 aromatic carbocycles. The van der Waals surface area contributed by atoms with Crippen LogP contribution in [0, 0.1) is 30.1 Å². The Morgan fingerprint density at radius 3 is 2.45 bits per heavy atom. The molecule has 0 spiro atoms. The Hall–Kier alpha value is -2.64. The molecule has 1 aliphatic heterocycles. The summed E-state index contributed by atoms with van der Waals surface area (Å²) in [4.78, 5) is 15.2. The van der Waals surface area contributed by atoms with Gasteiger partial charge in [-0.25, -0.2) is 0 Å². The number of hydrogen-bond donors (Lipinski definition) is 1. The van der Waals surface area contributed by atoms with Crippen LogP contribution in [0.5, 0.6) is 5.75 Å². The molecule has 5 aliphatic rings. The molecule has 38 heavy (non-hydrogen) atoms. The predicted octanol–water partition coefficient (Wildman–Crippen LogP) is 7.40. The first-order valence-corrected chi connectivity index (χ1v) is 14.8. The van der Waals surface area contributed by atoms with Crippen molar-refractivity contribution in [1.29, 1.82) is 0 Å². The summed E-state index contributed by atoms with van der Waals surface area (Å²) in [5, 5.41) is 4.66. The van der Waals surface area contributed by atoms with Gasteiger partial charge in [-0.05, 0) is 116 Å². The summed E-state index contributed by atoms with van der Waals surface area (Å²) in [5.41, 5.74) is 4.51. The maximum atomic E-state index is 13.2. The zero-order chi connectivity index (χ0) is 26.4. The highest BCUT2D eigenvalue weighted by Crippen LogP contribution is 2.57. The summed E-state index contributed by atoms with van der Waals surface area (Å²) in [7, 11) is 1.69. The van der Waals surface area contributed by atoms with Crippen LogP contribution in [-0.2, 0) is 11.2 Å². The van der Waals surface area contributed by atoms with Gasteiger partial charge in [-0.15, -0.1) is 6.42 Å². The summed E-state index contributed by atoms with van der Waals surface area (Å²) in [6, 6.07) is 12.3. The lowest BCUT2D eigenvalue weighted by molar-refractivity contribution is -0.130. The van der Waals surface area contributed by atoms with Gasteiger partial charge in [0.1, 0.15) is 5.75 Å². The molecule has 2 aromatic rings. The highest BCUT2D eigenvalue weighted by atomic mass is 35.5. The molecule has 1 amide bonds. The number of ether oxygens (including phenoxy) is 1. The number of halogens is 1. The normalized spacial score (nSPS) is 31.0. The number of terminal acetylenes is 1. The molecule has 0 aromatic heterocycles. The maximum absolute atomic E-state index is 13.2. The second kappa shape index (κ2) is 10.2. The number of carbonyl (C=O) groups is 1. The molecule has 4 fully saturated rings. The fourth-order valence-corrected chi connectivity index (χ4v) is 8.83. The molecule has 5 heteroatoms. The second-order valence-electron chi connectivity index (χ2n) is 12.4. The molecule has 4 saturated carbocycles. The molecule has 2 atom stereocenters. The summed E-state index contributed by atoms with van der Waals surface area (Å²) < 4.78 is 5.54. The number of methoxy groups -OCH3 is 1. The van der Waals surface area contributed by atoms with Crippen molar-refractivity contribution in [3.63, 3.8) is 0 Å². The van der Waals surface area contributed by atoms with E-state index in [0.717, 1.165) is 71.0 Å². The van der Waals surface area contributed by atoms with Crippen molar-refractivity contribution >= 4 is 23.2 Å². The van der Waals surface area contributed by atoms with Gasteiger partial charge in [0.05, 0.1) is 23.9 Å². The zero-order valence-electron chi connectivity index (χ0n) is 22.6. The molecule has 1 N–H and O–H groups in total. The molecule has 200 valence electrons. The van der Waals surface area contributed by atoms with Crippen LogP contribution >= 0.6 is 11.6 Å². The molecule has 1 heterocycles. The lowest BCUT2D eigenvalue weighted by Crippen LogP contribution is -2.54. The number of benzene rings is 2. The predicted molar refractivity (Wildman–Crippen MR) is 154 cm³/mol. The minimum absolute atomic E-state index is 0.0340. The Morgan fingerprint density at radius 1 is 1.13 bits per heavy atom. The smallest absolute Gasteiger partial charge is 0.299 e. The van der Waals surface area contributed by atoms with Crippen molar-refractivity contribution in [3.8, 4) is 18.1 Å². The zero-order valence-corrected chi connectivity index (χ0v) is 23.4. The van der Waals surface area contributed by atoms with Crippen LogP contribution in [0.4, 0.5) is 5.69 Å². The summed E-state index contributed by atoms with van der Waals surface area (Å²) in [6.45, 7) is 2.18. The van der Waals surface area contributed by atoms with Gasteiger partial charge >= 0.3 is 0 Å². The molecule has 4 aliphatic carbocycles. The third kappa shape index (κ3) is 4.58. The van der Waals surface area contributed by atoms with Crippen LogP contribution in [0.25, 0.3) is 0 Å². The number of hydrogen-bond acceptors (Lipinski definition) is 3. The van der Waals surface area contributed by atoms with Crippen molar-refractivity contribution in [2.24, 2.45) is 17.8 Å². The van der Waals surface area contributed by atoms with Crippen LogP contribution < -0.4 is 10.1 Å². The standard InChI is InChI=1S/C33H39ClN2O2/c1-4-6-7-26-15-25-16-27(38-3)9-10-28(25)32(36(26)31(37)5-2)24-8-11-30(29(34)17-24)35-33-18-21-12-22(19-33)14-23(13-21)20-33/h2,8-11,16-17,21-23,26,32,35H,4,6-7,12-15,18-20H2,1,3H3/t21?,22?,23?,26-,32-,33?/m0/s1. The lowest BCUT2D eigenvalue weighted by atomic mass is 9.53. The van der Waals surface area contributed by atoms with Gasteiger partial charge in [-0.1, -0.05) is 43.5 Å². The average molecular weight is 531 g/mol. The largest absolute Gasteiger partial charge is 0.497 e. The first-order chi connectivity index (χ1) is 18.4. The van der Waals surface area contributed by atoms with E-state index in [0.29, 0.717) is 0 Å². The molecular weight excluding hydrogens is 492 g/mol. The average Bonchev–Trinajstić information content (AvgIpc) is 2.90. The lowest BCUT2D eigenvalue weighted by Gasteiger charge is -2.57. The number of amides is 1. The van der Waals surface area contributed by atoms with Crippen LogP contribution in [0.2, 0.25) is 5.02 Å². The number of rotatable bonds is 7. The Labute approximate surface area is 232 Å². The molecular formula is C33H39ClN2O2. The van der Waals surface area contributed by atoms with Gasteiger partial charge in [0.2, 0.25) is 0 Å². The van der Waals surface area contributed by atoms with E-state index in [1.165, 1.54) is 44.1 Å². The van der Waals surface area contributed by atoms with Crippen molar-refractivity contribution in [3.05, 3.63) is 58.1 Å². The van der Waals surface area contributed by atoms with Crippen LogP contribution in [0.15, 0.2) is 36.4 Å². The van der Waals surface area contributed by atoms with E-state index in [1.807, 2.05) is 11.0 Å². The van der Waals surface area contributed by atoms with E-state index >= 15 is 0 Å². The second-order valence-corrected chi connectivity index (χ2v) is 12.8. The summed E-state index contributed by atoms with van der Waals surface area (Å²) in [5.74, 6) is 5.60. The topological polar surface area (TPSA) is 41.6 Å². The van der Waals surface area contributed by atoms with Crippen LogP contribution in [0.1, 0.15) is 87.4 Å². The highest BCUT2D eigenvalue weighted by molar-refractivity contribution is 6.33. The number of anilines is 1. The molecule has 0 saturated heterocycles. The van der Waals surface area contributed by atoms with Gasteiger partial charge < -0.3 is 15.0 Å². The first kappa shape index (κ1) is 25.6. The Kier molecular flexibility index (Phi) is 6.85. The third-order valence-corrected chi connectivity index (χ3v) is 10.1. The molecule has 4 bridgehead atoms. The van der Waals surface area contributed by atoms with Gasteiger partial charge in [0.15, 0.2) is 0 Å². The first-order valence-electron chi connectivity index (χ1n) is 14.4. The van der Waals surface area contributed by atoms with Gasteiger partial charge in [0.25, 0.3) is 5.91 Å². The van der Waals surface area contributed by atoms with Crippen molar-refractivity contribution in [2.75, 3.05) is 12.4 Å². The fourth-order valence-electron chi connectivity index (χ4n) is 8.60. The number of carbonyl (C=O) groups excluding carboxylic acids is 1. The van der Waals surface area contributed by atoms with E-state index in [4.69, 9.17) is 22.8 Å². The molecule has 4 nitrogen and oxygen atoms in total. The van der Waals surface area contributed by atoms with Gasteiger partial charge in [0, 0.05) is 11.6 Å². The van der Waals surface area contributed by atoms with Crippen LogP contribution in [0.3, 0.4) is 0 Å². The van der Waals surface area contributed by atoms with Gasteiger partial charge in [-0.2, -0.15) is 0 Å². The third-order valence-electron chi connectivity index (χ3n) is 9.77. The molecule has 7 rings (SSSR count). The Bertz CT molecular complexity index is 1230. The SMILES string of the molecule is C#CC(=O)N1[C@@H](CCCC)Cc2cc(OC)ccc2[C@@H]1c1ccc(NC23CC4CC(CC(C4)C2)C3)c(Cl)c1. The quantitative estimate of drug-likeness (QED) is 0.379. The number of unbranched alkanes of at least 4 members (excludes halogenated alkanes) is 1. The van der Waals surface area contributed by atoms with Crippen molar-refractivity contribution in [2.45, 2.75) is 88.8 Å².